The molecule has 2 N–H and O–H groups in total. The predicted molar refractivity (Wildman–Crippen MR) is 114 cm³/mol. The Morgan fingerprint density at radius 2 is 1.83 bits per heavy atom. The molecule has 8 heteroatoms. The van der Waals surface area contributed by atoms with Crippen LogP contribution in [0.3, 0.4) is 0 Å². The summed E-state index contributed by atoms with van der Waals surface area (Å²) in [6.45, 7) is 4.15. The van der Waals surface area contributed by atoms with Crippen LogP contribution in [0.2, 0.25) is 0 Å². The van der Waals surface area contributed by atoms with Gasteiger partial charge in [0, 0.05) is 30.9 Å². The molecular weight excluding hydrogens is 387 g/mol. The summed E-state index contributed by atoms with van der Waals surface area (Å²) < 4.78 is 18.7. The Balaban J connectivity index is 1.45. The molecule has 0 bridgehead atoms. The van der Waals surface area contributed by atoms with Crippen molar-refractivity contribution in [3.8, 4) is 0 Å². The van der Waals surface area contributed by atoms with Crippen LogP contribution in [-0.4, -0.2) is 80.1 Å². The molecule has 1 aliphatic carbocycles. The number of hydrogen-bond donors (Lipinski definition) is 2. The number of likely N-dealkylation sites (N-methyl/N-ethyl adjacent to an activating group) is 1. The van der Waals surface area contributed by atoms with Crippen LogP contribution >= 0.6 is 0 Å². The number of carbonyl (C=O) groups excluding carboxylic acids is 2. The number of hydrogen-bond acceptors (Lipinski definition) is 5. The highest BCUT2D eigenvalue weighted by Gasteiger charge is 2.38. The number of amides is 2. The average Bonchev–Trinajstić information content (AvgIpc) is 2.73. The molecule has 2 fully saturated rings. The smallest absolute Gasteiger partial charge is 0.238 e. The lowest BCUT2D eigenvalue weighted by Gasteiger charge is -2.48. The highest BCUT2D eigenvalue weighted by Crippen LogP contribution is 2.33. The second-order valence-electron chi connectivity index (χ2n) is 8.39. The summed E-state index contributed by atoms with van der Waals surface area (Å²) in [6.07, 6.45) is 5.82. The van der Waals surface area contributed by atoms with Crippen molar-refractivity contribution in [2.24, 2.45) is 0 Å². The van der Waals surface area contributed by atoms with Crippen molar-refractivity contribution in [2.75, 3.05) is 58.3 Å². The number of carbonyl (C=O) groups is 2. The highest BCUT2D eigenvalue weighted by molar-refractivity contribution is 5.92. The molecule has 1 aromatic rings. The fourth-order valence-electron chi connectivity index (χ4n) is 4.48. The number of benzene rings is 1. The maximum absolute atomic E-state index is 13.2. The van der Waals surface area contributed by atoms with Gasteiger partial charge in [-0.05, 0) is 38.1 Å². The molecule has 1 aliphatic heterocycles. The fraction of sp³-hybridized carbons (Fsp3) is 0.636. The maximum Gasteiger partial charge on any atom is 0.238 e. The van der Waals surface area contributed by atoms with Crippen molar-refractivity contribution in [1.29, 1.82) is 0 Å². The first-order chi connectivity index (χ1) is 14.5. The zero-order valence-corrected chi connectivity index (χ0v) is 17.8. The normalized spacial score (nSPS) is 19.4. The summed E-state index contributed by atoms with van der Waals surface area (Å²) in [4.78, 5) is 28.8. The van der Waals surface area contributed by atoms with Crippen molar-refractivity contribution in [1.82, 2.24) is 15.1 Å². The van der Waals surface area contributed by atoms with Crippen LogP contribution in [0, 0.1) is 5.82 Å². The minimum absolute atomic E-state index is 0.0189. The number of nitrogens with zero attached hydrogens (tertiary/aromatic N) is 2. The molecule has 2 amide bonds. The van der Waals surface area contributed by atoms with Crippen molar-refractivity contribution in [3.63, 3.8) is 0 Å². The van der Waals surface area contributed by atoms with Gasteiger partial charge < -0.3 is 15.4 Å². The van der Waals surface area contributed by atoms with Crippen LogP contribution < -0.4 is 10.6 Å². The van der Waals surface area contributed by atoms with Gasteiger partial charge in [-0.3, -0.25) is 19.4 Å². The van der Waals surface area contributed by atoms with Gasteiger partial charge in [0.2, 0.25) is 11.8 Å². The minimum atomic E-state index is -0.405. The molecular formula is C22H33FN4O3. The molecule has 2 aliphatic rings. The fourth-order valence-corrected chi connectivity index (χ4v) is 4.48. The van der Waals surface area contributed by atoms with E-state index in [2.05, 4.69) is 15.5 Å². The van der Waals surface area contributed by atoms with Gasteiger partial charge in [-0.2, -0.15) is 0 Å². The van der Waals surface area contributed by atoms with Gasteiger partial charge in [0.15, 0.2) is 0 Å². The first-order valence-electron chi connectivity index (χ1n) is 10.8. The summed E-state index contributed by atoms with van der Waals surface area (Å²) >= 11 is 0. The molecule has 0 aromatic heterocycles. The quantitative estimate of drug-likeness (QED) is 0.672. The number of rotatable bonds is 8. The van der Waals surface area contributed by atoms with E-state index in [-0.39, 0.29) is 30.4 Å². The Labute approximate surface area is 177 Å². The van der Waals surface area contributed by atoms with E-state index in [1.807, 2.05) is 0 Å². The molecule has 1 saturated heterocycles. The lowest BCUT2D eigenvalue weighted by Crippen LogP contribution is -2.60. The van der Waals surface area contributed by atoms with Gasteiger partial charge >= 0.3 is 0 Å². The molecule has 166 valence electrons. The SMILES string of the molecule is CN(CC(=O)NCC1(N2CCOCC2)CCCCC1)CC(=O)Nc1cccc(F)c1. The Kier molecular flexibility index (Phi) is 8.18. The molecule has 0 atom stereocenters. The third-order valence-electron chi connectivity index (χ3n) is 6.02. The summed E-state index contributed by atoms with van der Waals surface area (Å²) in [5.41, 5.74) is 0.424. The third kappa shape index (κ3) is 6.48. The summed E-state index contributed by atoms with van der Waals surface area (Å²) in [6, 6.07) is 5.75. The van der Waals surface area contributed by atoms with E-state index in [1.54, 1.807) is 18.0 Å². The third-order valence-corrected chi connectivity index (χ3v) is 6.02. The second kappa shape index (κ2) is 10.8. The van der Waals surface area contributed by atoms with Crippen LogP contribution in [0.15, 0.2) is 24.3 Å². The number of nitrogens with one attached hydrogen (secondary N) is 2. The van der Waals surface area contributed by atoms with Gasteiger partial charge in [-0.1, -0.05) is 25.3 Å². The summed E-state index contributed by atoms with van der Waals surface area (Å²) in [7, 11) is 1.73. The zero-order chi connectivity index (χ0) is 21.4. The molecule has 0 unspecified atom stereocenters. The van der Waals surface area contributed by atoms with E-state index in [1.165, 1.54) is 37.5 Å². The predicted octanol–water partition coefficient (Wildman–Crippen LogP) is 1.85. The topological polar surface area (TPSA) is 73.9 Å². The van der Waals surface area contributed by atoms with Crippen molar-refractivity contribution in [2.45, 2.75) is 37.6 Å². The van der Waals surface area contributed by atoms with E-state index in [0.29, 0.717) is 12.2 Å². The Morgan fingerprint density at radius 1 is 1.13 bits per heavy atom. The van der Waals surface area contributed by atoms with E-state index >= 15 is 0 Å². The van der Waals surface area contributed by atoms with Crippen molar-refractivity contribution in [3.05, 3.63) is 30.1 Å². The Morgan fingerprint density at radius 3 is 2.53 bits per heavy atom. The lowest BCUT2D eigenvalue weighted by atomic mass is 9.79. The first-order valence-corrected chi connectivity index (χ1v) is 10.8. The minimum Gasteiger partial charge on any atom is -0.379 e. The van der Waals surface area contributed by atoms with Crippen LogP contribution in [0.25, 0.3) is 0 Å². The number of morpholine rings is 1. The van der Waals surface area contributed by atoms with E-state index in [9.17, 15) is 14.0 Å². The Bertz CT molecular complexity index is 718. The Hall–Kier alpha value is -2.03. The van der Waals surface area contributed by atoms with E-state index < -0.39 is 5.82 Å². The molecule has 0 spiro atoms. The largest absolute Gasteiger partial charge is 0.379 e. The van der Waals surface area contributed by atoms with Crippen LogP contribution in [0.5, 0.6) is 0 Å². The molecule has 7 nitrogen and oxygen atoms in total. The standard InChI is InChI=1S/C22H33FN4O3/c1-26(16-21(29)25-19-7-5-6-18(23)14-19)15-20(28)24-17-22(8-3-2-4-9-22)27-10-12-30-13-11-27/h5-7,14H,2-4,8-13,15-17H2,1H3,(H,24,28)(H,25,29). The van der Waals surface area contributed by atoms with Gasteiger partial charge in [-0.25, -0.2) is 4.39 Å². The monoisotopic (exact) mass is 420 g/mol. The van der Waals surface area contributed by atoms with Gasteiger partial charge in [0.25, 0.3) is 0 Å². The molecule has 1 heterocycles. The van der Waals surface area contributed by atoms with Gasteiger partial charge in [-0.15, -0.1) is 0 Å². The van der Waals surface area contributed by atoms with Crippen LogP contribution in [-0.2, 0) is 14.3 Å². The lowest BCUT2D eigenvalue weighted by molar-refractivity contribution is -0.124. The van der Waals surface area contributed by atoms with Crippen molar-refractivity contribution >= 4 is 17.5 Å². The number of ether oxygens (including phenoxy) is 1. The van der Waals surface area contributed by atoms with Crippen molar-refractivity contribution < 1.29 is 18.7 Å². The van der Waals surface area contributed by atoms with Crippen LogP contribution in [0.1, 0.15) is 32.1 Å². The molecule has 3 rings (SSSR count). The number of anilines is 1. The summed E-state index contributed by atoms with van der Waals surface area (Å²) in [5.74, 6) is -0.778. The maximum atomic E-state index is 13.2. The first kappa shape index (κ1) is 22.7. The van der Waals surface area contributed by atoms with Crippen LogP contribution in [0.4, 0.5) is 10.1 Å². The molecule has 1 aromatic carbocycles. The van der Waals surface area contributed by atoms with Gasteiger partial charge in [0.05, 0.1) is 26.3 Å². The zero-order valence-electron chi connectivity index (χ0n) is 17.8. The number of halogens is 1. The van der Waals surface area contributed by atoms with Gasteiger partial charge in [0.1, 0.15) is 5.82 Å². The van der Waals surface area contributed by atoms with E-state index in [0.717, 1.165) is 39.1 Å². The highest BCUT2D eigenvalue weighted by atomic mass is 19.1. The molecule has 0 radical (unpaired) electrons. The average molecular weight is 421 g/mol. The summed E-state index contributed by atoms with van der Waals surface area (Å²) in [5, 5.41) is 5.76. The molecule has 1 saturated carbocycles. The van der Waals surface area contributed by atoms with E-state index in [4.69, 9.17) is 4.74 Å². The molecule has 30 heavy (non-hydrogen) atoms. The second-order valence-corrected chi connectivity index (χ2v) is 8.39.